The summed E-state index contributed by atoms with van der Waals surface area (Å²) < 4.78 is 5.73. The van der Waals surface area contributed by atoms with E-state index in [1.807, 2.05) is 0 Å². The quantitative estimate of drug-likeness (QED) is 0.805. The first-order valence-electron chi connectivity index (χ1n) is 7.73. The SMILES string of the molecule is CC1OC2(CCN(C(=O)/C=C/c3ccc(O)cc3)CC2)NC1=O. The molecule has 2 heterocycles. The second-order valence-electron chi connectivity index (χ2n) is 5.99. The van der Waals surface area contributed by atoms with Crippen LogP contribution in [0.25, 0.3) is 6.08 Å². The Bertz CT molecular complexity index is 630. The lowest BCUT2D eigenvalue weighted by molar-refractivity contribution is -0.133. The van der Waals surface area contributed by atoms with Gasteiger partial charge in [-0.2, -0.15) is 0 Å². The summed E-state index contributed by atoms with van der Waals surface area (Å²) >= 11 is 0. The Morgan fingerprint density at radius 3 is 2.57 bits per heavy atom. The van der Waals surface area contributed by atoms with Crippen LogP contribution in [0.2, 0.25) is 0 Å². The lowest BCUT2D eigenvalue weighted by Crippen LogP contribution is -2.52. The number of nitrogens with zero attached hydrogens (tertiary/aromatic N) is 1. The average Bonchev–Trinajstić information content (AvgIpc) is 2.81. The number of phenolic OH excluding ortho intramolecular Hbond substituents is 1. The molecule has 122 valence electrons. The average molecular weight is 316 g/mol. The van der Waals surface area contributed by atoms with Gasteiger partial charge in [0.15, 0.2) is 0 Å². The molecule has 1 spiro atoms. The molecule has 0 radical (unpaired) electrons. The number of hydrogen-bond donors (Lipinski definition) is 2. The highest BCUT2D eigenvalue weighted by Crippen LogP contribution is 2.29. The maximum Gasteiger partial charge on any atom is 0.251 e. The molecule has 1 aromatic rings. The molecule has 0 aliphatic carbocycles. The lowest BCUT2D eigenvalue weighted by atomic mass is 10.0. The van der Waals surface area contributed by atoms with Crippen molar-refractivity contribution in [2.24, 2.45) is 0 Å². The number of carbonyl (C=O) groups excluding carboxylic acids is 2. The highest BCUT2D eigenvalue weighted by Gasteiger charge is 2.45. The largest absolute Gasteiger partial charge is 0.508 e. The molecule has 0 aromatic heterocycles. The molecular weight excluding hydrogens is 296 g/mol. The third-order valence-electron chi connectivity index (χ3n) is 4.32. The molecule has 0 bridgehead atoms. The lowest BCUT2D eigenvalue weighted by Gasteiger charge is -2.38. The minimum absolute atomic E-state index is 0.0645. The topological polar surface area (TPSA) is 78.9 Å². The van der Waals surface area contributed by atoms with E-state index in [4.69, 9.17) is 4.74 Å². The highest BCUT2D eigenvalue weighted by atomic mass is 16.5. The summed E-state index contributed by atoms with van der Waals surface area (Å²) in [5.74, 6) is 0.0462. The fraction of sp³-hybridized carbons (Fsp3) is 0.412. The van der Waals surface area contributed by atoms with Crippen molar-refractivity contribution in [3.63, 3.8) is 0 Å². The van der Waals surface area contributed by atoms with Crippen LogP contribution in [-0.2, 0) is 14.3 Å². The first-order chi connectivity index (χ1) is 11.0. The van der Waals surface area contributed by atoms with E-state index in [-0.39, 0.29) is 17.6 Å². The highest BCUT2D eigenvalue weighted by molar-refractivity contribution is 5.92. The Hall–Kier alpha value is -2.34. The normalized spacial score (nSPS) is 23.4. The number of hydrogen-bond acceptors (Lipinski definition) is 4. The van der Waals surface area contributed by atoms with Crippen LogP contribution in [0.15, 0.2) is 30.3 Å². The summed E-state index contributed by atoms with van der Waals surface area (Å²) in [4.78, 5) is 25.6. The van der Waals surface area contributed by atoms with Crippen LogP contribution >= 0.6 is 0 Å². The number of aromatic hydroxyl groups is 1. The third kappa shape index (κ3) is 3.37. The van der Waals surface area contributed by atoms with E-state index in [1.54, 1.807) is 42.2 Å². The number of amides is 2. The van der Waals surface area contributed by atoms with Crippen molar-refractivity contribution in [1.82, 2.24) is 10.2 Å². The van der Waals surface area contributed by atoms with Gasteiger partial charge in [-0.25, -0.2) is 0 Å². The molecule has 2 N–H and O–H groups in total. The zero-order chi connectivity index (χ0) is 16.4. The summed E-state index contributed by atoms with van der Waals surface area (Å²) in [7, 11) is 0. The number of ether oxygens (including phenoxy) is 1. The van der Waals surface area contributed by atoms with E-state index in [0.29, 0.717) is 25.9 Å². The molecule has 3 rings (SSSR count). The van der Waals surface area contributed by atoms with Crippen LogP contribution in [0, 0.1) is 0 Å². The van der Waals surface area contributed by atoms with E-state index in [9.17, 15) is 14.7 Å². The number of nitrogens with one attached hydrogen (secondary N) is 1. The molecule has 6 nitrogen and oxygen atoms in total. The number of phenols is 1. The van der Waals surface area contributed by atoms with E-state index >= 15 is 0 Å². The summed E-state index contributed by atoms with van der Waals surface area (Å²) in [5, 5.41) is 12.1. The maximum absolute atomic E-state index is 12.2. The van der Waals surface area contributed by atoms with Crippen molar-refractivity contribution < 1.29 is 19.4 Å². The molecule has 2 aliphatic heterocycles. The van der Waals surface area contributed by atoms with Crippen LogP contribution in [-0.4, -0.2) is 46.7 Å². The summed E-state index contributed by atoms with van der Waals surface area (Å²) in [6.07, 6.45) is 4.03. The molecule has 1 atom stereocenters. The van der Waals surface area contributed by atoms with Crippen molar-refractivity contribution >= 4 is 17.9 Å². The van der Waals surface area contributed by atoms with Gasteiger partial charge in [0.25, 0.3) is 5.91 Å². The molecule has 2 amide bonds. The van der Waals surface area contributed by atoms with Gasteiger partial charge in [-0.15, -0.1) is 0 Å². The van der Waals surface area contributed by atoms with Gasteiger partial charge >= 0.3 is 0 Å². The Morgan fingerprint density at radius 1 is 1.35 bits per heavy atom. The standard InChI is InChI=1S/C17H20N2O4/c1-12-16(22)18-17(23-12)8-10-19(11-9-17)15(21)7-4-13-2-5-14(20)6-3-13/h2-7,12,20H,8-11H2,1H3,(H,18,22)/b7-4+. The van der Waals surface area contributed by atoms with E-state index in [2.05, 4.69) is 5.32 Å². The molecule has 6 heteroatoms. The second-order valence-corrected chi connectivity index (χ2v) is 5.99. The molecule has 2 fully saturated rings. The van der Waals surface area contributed by atoms with Gasteiger partial charge in [0.1, 0.15) is 17.6 Å². The fourth-order valence-corrected chi connectivity index (χ4v) is 2.94. The Labute approximate surface area is 134 Å². The zero-order valence-electron chi connectivity index (χ0n) is 13.0. The van der Waals surface area contributed by atoms with Gasteiger partial charge in [-0.1, -0.05) is 12.1 Å². The molecular formula is C17H20N2O4. The summed E-state index contributed by atoms with van der Waals surface area (Å²) in [6, 6.07) is 6.65. The Kier molecular flexibility index (Phi) is 4.09. The Morgan fingerprint density at radius 2 is 2.00 bits per heavy atom. The molecule has 2 aliphatic rings. The third-order valence-corrected chi connectivity index (χ3v) is 4.32. The predicted octanol–water partition coefficient (Wildman–Crippen LogP) is 1.26. The monoisotopic (exact) mass is 316 g/mol. The van der Waals surface area contributed by atoms with E-state index in [1.165, 1.54) is 6.08 Å². The number of rotatable bonds is 2. The molecule has 2 saturated heterocycles. The fourth-order valence-electron chi connectivity index (χ4n) is 2.94. The number of carbonyl (C=O) groups is 2. The van der Waals surface area contributed by atoms with Gasteiger partial charge in [-0.3, -0.25) is 9.59 Å². The van der Waals surface area contributed by atoms with Gasteiger partial charge in [-0.05, 0) is 30.7 Å². The van der Waals surface area contributed by atoms with Crippen LogP contribution in [0.4, 0.5) is 0 Å². The first-order valence-corrected chi connectivity index (χ1v) is 7.73. The zero-order valence-corrected chi connectivity index (χ0v) is 13.0. The molecule has 1 aromatic carbocycles. The van der Waals surface area contributed by atoms with Crippen LogP contribution < -0.4 is 5.32 Å². The van der Waals surface area contributed by atoms with Crippen molar-refractivity contribution in [3.05, 3.63) is 35.9 Å². The number of likely N-dealkylation sites (tertiary alicyclic amines) is 1. The van der Waals surface area contributed by atoms with Gasteiger partial charge in [0.2, 0.25) is 5.91 Å². The van der Waals surface area contributed by atoms with Gasteiger partial charge < -0.3 is 20.1 Å². The predicted molar refractivity (Wildman–Crippen MR) is 84.4 cm³/mol. The van der Waals surface area contributed by atoms with Crippen LogP contribution in [0.5, 0.6) is 5.75 Å². The summed E-state index contributed by atoms with van der Waals surface area (Å²) in [6.45, 7) is 2.83. The Balaban J connectivity index is 1.56. The van der Waals surface area contributed by atoms with E-state index < -0.39 is 11.8 Å². The second kappa shape index (κ2) is 6.04. The van der Waals surface area contributed by atoms with Crippen LogP contribution in [0.3, 0.4) is 0 Å². The minimum Gasteiger partial charge on any atom is -0.508 e. The molecule has 23 heavy (non-hydrogen) atoms. The van der Waals surface area contributed by atoms with Crippen molar-refractivity contribution in [2.45, 2.75) is 31.6 Å². The maximum atomic E-state index is 12.2. The van der Waals surface area contributed by atoms with Crippen molar-refractivity contribution in [1.29, 1.82) is 0 Å². The summed E-state index contributed by atoms with van der Waals surface area (Å²) in [5.41, 5.74) is 0.248. The first kappa shape index (κ1) is 15.6. The van der Waals surface area contributed by atoms with Crippen molar-refractivity contribution in [3.8, 4) is 5.75 Å². The number of benzene rings is 1. The molecule has 1 unspecified atom stereocenters. The molecule has 0 saturated carbocycles. The minimum atomic E-state index is -0.603. The van der Waals surface area contributed by atoms with E-state index in [0.717, 1.165) is 5.56 Å². The van der Waals surface area contributed by atoms with Gasteiger partial charge in [0.05, 0.1) is 0 Å². The smallest absolute Gasteiger partial charge is 0.251 e. The number of piperidine rings is 1. The van der Waals surface area contributed by atoms with Crippen LogP contribution in [0.1, 0.15) is 25.3 Å². The van der Waals surface area contributed by atoms with Gasteiger partial charge in [0, 0.05) is 32.0 Å². The van der Waals surface area contributed by atoms with Crippen molar-refractivity contribution in [2.75, 3.05) is 13.1 Å².